The average molecular weight is 370 g/mol. The Bertz CT molecular complexity index is 923. The summed E-state index contributed by atoms with van der Waals surface area (Å²) < 4.78 is 10.9. The summed E-state index contributed by atoms with van der Waals surface area (Å²) in [5.74, 6) is 1.79. The molecule has 0 radical (unpaired) electrons. The van der Waals surface area contributed by atoms with Gasteiger partial charge in [-0.2, -0.15) is 5.10 Å². The van der Waals surface area contributed by atoms with Crippen LogP contribution in [0.15, 0.2) is 42.5 Å². The van der Waals surface area contributed by atoms with Crippen molar-refractivity contribution >= 4 is 23.1 Å². The molecule has 0 atom stereocenters. The highest BCUT2D eigenvalue weighted by atomic mass is 35.5. The van der Waals surface area contributed by atoms with Gasteiger partial charge in [-0.15, -0.1) is 0 Å². The van der Waals surface area contributed by atoms with Crippen molar-refractivity contribution in [3.8, 4) is 17.0 Å². The Hall–Kier alpha value is -2.50. The van der Waals surface area contributed by atoms with Crippen molar-refractivity contribution in [1.82, 2.24) is 10.2 Å². The number of rotatable bonds is 7. The third-order valence-electron chi connectivity index (χ3n) is 4.42. The monoisotopic (exact) mass is 369 g/mol. The summed E-state index contributed by atoms with van der Waals surface area (Å²) in [5, 5.41) is 11.7. The molecule has 3 aromatic rings. The molecule has 5 nitrogen and oxygen atoms in total. The van der Waals surface area contributed by atoms with Gasteiger partial charge in [0, 0.05) is 48.4 Å². The Labute approximate surface area is 157 Å². The fourth-order valence-corrected chi connectivity index (χ4v) is 3.39. The number of nitrogens with one attached hydrogen (secondary N) is 2. The van der Waals surface area contributed by atoms with Crippen LogP contribution in [0.3, 0.4) is 0 Å². The van der Waals surface area contributed by atoms with E-state index in [1.54, 1.807) is 7.11 Å². The molecule has 0 unspecified atom stereocenters. The zero-order chi connectivity index (χ0) is 17.9. The fourth-order valence-electron chi connectivity index (χ4n) is 3.19. The molecule has 1 aliphatic rings. The number of benzene rings is 2. The van der Waals surface area contributed by atoms with Crippen LogP contribution in [0.1, 0.15) is 17.5 Å². The van der Waals surface area contributed by atoms with E-state index in [4.69, 9.17) is 21.1 Å². The Morgan fingerprint density at radius 2 is 2.12 bits per heavy atom. The molecule has 6 heteroatoms. The molecule has 0 saturated carbocycles. The zero-order valence-corrected chi connectivity index (χ0v) is 15.3. The summed E-state index contributed by atoms with van der Waals surface area (Å²) in [4.78, 5) is 0. The topological polar surface area (TPSA) is 59.2 Å². The number of hydrogen-bond acceptors (Lipinski definition) is 4. The first kappa shape index (κ1) is 16.9. The quantitative estimate of drug-likeness (QED) is 0.460. The van der Waals surface area contributed by atoms with Gasteiger partial charge in [0.05, 0.1) is 12.3 Å². The lowest BCUT2D eigenvalue weighted by molar-refractivity contribution is 0.172. The molecular weight excluding hydrogens is 350 g/mol. The molecule has 0 aliphatic heterocycles. The second kappa shape index (κ2) is 7.40. The summed E-state index contributed by atoms with van der Waals surface area (Å²) in [6.45, 7) is 1.36. The van der Waals surface area contributed by atoms with E-state index in [1.165, 1.54) is 5.56 Å². The summed E-state index contributed by atoms with van der Waals surface area (Å²) in [6, 6.07) is 13.8. The summed E-state index contributed by atoms with van der Waals surface area (Å²) in [6.07, 6.45) is 1.70. The van der Waals surface area contributed by atoms with Gasteiger partial charge in [0.2, 0.25) is 0 Å². The predicted octanol–water partition coefficient (Wildman–Crippen LogP) is 4.79. The van der Waals surface area contributed by atoms with Crippen LogP contribution in [0.2, 0.25) is 5.02 Å². The first-order chi connectivity index (χ1) is 12.7. The van der Waals surface area contributed by atoms with Crippen LogP contribution in [-0.2, 0) is 11.2 Å². The van der Waals surface area contributed by atoms with Crippen molar-refractivity contribution in [1.29, 1.82) is 0 Å². The SMILES string of the molecule is COCCCOc1ccc2c(c1)Cc1c-2n[nH]c1Nc1cccc(Cl)c1. The van der Waals surface area contributed by atoms with E-state index < -0.39 is 0 Å². The van der Waals surface area contributed by atoms with Gasteiger partial charge in [-0.05, 0) is 42.0 Å². The molecule has 2 N–H and O–H groups in total. The van der Waals surface area contributed by atoms with Gasteiger partial charge >= 0.3 is 0 Å². The number of methoxy groups -OCH3 is 1. The average Bonchev–Trinajstić information content (AvgIpc) is 3.18. The van der Waals surface area contributed by atoms with E-state index in [-0.39, 0.29) is 0 Å². The molecule has 0 bridgehead atoms. The summed E-state index contributed by atoms with van der Waals surface area (Å²) in [5.41, 5.74) is 5.48. The number of hydrogen-bond donors (Lipinski definition) is 2. The van der Waals surface area contributed by atoms with Crippen LogP contribution in [0.5, 0.6) is 5.75 Å². The Morgan fingerprint density at radius 1 is 1.19 bits per heavy atom. The molecule has 4 rings (SSSR count). The van der Waals surface area contributed by atoms with E-state index in [0.717, 1.165) is 46.9 Å². The first-order valence-electron chi connectivity index (χ1n) is 8.59. The lowest BCUT2D eigenvalue weighted by Crippen LogP contribution is -2.01. The fraction of sp³-hybridized carbons (Fsp3) is 0.250. The van der Waals surface area contributed by atoms with Gasteiger partial charge in [0.15, 0.2) is 0 Å². The van der Waals surface area contributed by atoms with E-state index in [1.807, 2.05) is 30.3 Å². The lowest BCUT2D eigenvalue weighted by atomic mass is 10.1. The van der Waals surface area contributed by atoms with Crippen molar-refractivity contribution in [3.05, 3.63) is 58.6 Å². The van der Waals surface area contributed by atoms with Crippen molar-refractivity contribution in [3.63, 3.8) is 0 Å². The van der Waals surface area contributed by atoms with Gasteiger partial charge in [0.25, 0.3) is 0 Å². The molecule has 134 valence electrons. The highest BCUT2D eigenvalue weighted by molar-refractivity contribution is 6.30. The number of aromatic nitrogens is 2. The standard InChI is InChI=1S/C20H20ClN3O2/c1-25-8-3-9-26-16-6-7-17-13(10-16)11-18-19(17)23-24-20(18)22-15-5-2-4-14(21)12-15/h2,4-7,10,12H,3,8-9,11H2,1H3,(H2,22,23,24). The molecule has 0 saturated heterocycles. The van der Waals surface area contributed by atoms with E-state index >= 15 is 0 Å². The smallest absolute Gasteiger partial charge is 0.130 e. The van der Waals surface area contributed by atoms with E-state index in [0.29, 0.717) is 18.2 Å². The van der Waals surface area contributed by atoms with Crippen LogP contribution in [0.4, 0.5) is 11.5 Å². The van der Waals surface area contributed by atoms with Gasteiger partial charge < -0.3 is 14.8 Å². The number of nitrogens with zero attached hydrogens (tertiary/aromatic N) is 1. The maximum atomic E-state index is 6.07. The molecular formula is C20H20ClN3O2. The number of H-pyrrole nitrogens is 1. The molecule has 0 spiro atoms. The molecule has 1 aliphatic carbocycles. The minimum Gasteiger partial charge on any atom is -0.493 e. The lowest BCUT2D eigenvalue weighted by Gasteiger charge is -2.08. The predicted molar refractivity (Wildman–Crippen MR) is 104 cm³/mol. The normalized spacial score (nSPS) is 11.9. The van der Waals surface area contributed by atoms with Gasteiger partial charge in [-0.1, -0.05) is 17.7 Å². The van der Waals surface area contributed by atoms with Crippen molar-refractivity contribution < 1.29 is 9.47 Å². The molecule has 0 amide bonds. The third kappa shape index (κ3) is 3.41. The van der Waals surface area contributed by atoms with E-state index in [9.17, 15) is 0 Å². The number of halogens is 1. The number of aromatic amines is 1. The molecule has 26 heavy (non-hydrogen) atoms. The summed E-state index contributed by atoms with van der Waals surface area (Å²) in [7, 11) is 1.70. The van der Waals surface area contributed by atoms with Crippen LogP contribution < -0.4 is 10.1 Å². The second-order valence-corrected chi connectivity index (χ2v) is 6.69. The molecule has 1 aromatic heterocycles. The second-order valence-electron chi connectivity index (χ2n) is 6.25. The van der Waals surface area contributed by atoms with Gasteiger partial charge in [-0.25, -0.2) is 0 Å². The summed E-state index contributed by atoms with van der Waals surface area (Å²) >= 11 is 6.07. The maximum Gasteiger partial charge on any atom is 0.130 e. The minimum atomic E-state index is 0.652. The van der Waals surface area contributed by atoms with Crippen molar-refractivity contribution in [2.75, 3.05) is 25.6 Å². The Kier molecular flexibility index (Phi) is 4.82. The molecule has 2 aromatic carbocycles. The third-order valence-corrected chi connectivity index (χ3v) is 4.66. The Morgan fingerprint density at radius 3 is 2.96 bits per heavy atom. The van der Waals surface area contributed by atoms with Gasteiger partial charge in [0.1, 0.15) is 11.6 Å². The van der Waals surface area contributed by atoms with Crippen molar-refractivity contribution in [2.24, 2.45) is 0 Å². The molecule has 1 heterocycles. The maximum absolute atomic E-state index is 6.07. The van der Waals surface area contributed by atoms with E-state index in [2.05, 4.69) is 27.6 Å². The Balaban J connectivity index is 1.50. The van der Waals surface area contributed by atoms with Crippen LogP contribution in [0, 0.1) is 0 Å². The number of anilines is 2. The highest BCUT2D eigenvalue weighted by Gasteiger charge is 2.25. The number of ether oxygens (including phenoxy) is 2. The van der Waals surface area contributed by atoms with Crippen molar-refractivity contribution in [2.45, 2.75) is 12.8 Å². The van der Waals surface area contributed by atoms with Crippen LogP contribution >= 0.6 is 11.6 Å². The molecule has 0 fully saturated rings. The largest absolute Gasteiger partial charge is 0.493 e. The van der Waals surface area contributed by atoms with Crippen LogP contribution in [0.25, 0.3) is 11.3 Å². The first-order valence-corrected chi connectivity index (χ1v) is 8.97. The number of fused-ring (bicyclic) bond motifs is 3. The highest BCUT2D eigenvalue weighted by Crippen LogP contribution is 2.40. The zero-order valence-electron chi connectivity index (χ0n) is 14.5. The minimum absolute atomic E-state index is 0.652. The van der Waals surface area contributed by atoms with Crippen LogP contribution in [-0.4, -0.2) is 30.5 Å². The van der Waals surface area contributed by atoms with Gasteiger partial charge in [-0.3, -0.25) is 5.10 Å².